The van der Waals surface area contributed by atoms with Gasteiger partial charge in [0.15, 0.2) is 0 Å². The molecule has 1 saturated heterocycles. The molecule has 4 aromatic rings. The molecule has 1 aliphatic carbocycles. The Labute approximate surface area is 227 Å². The van der Waals surface area contributed by atoms with E-state index >= 15 is 0 Å². The van der Waals surface area contributed by atoms with Crippen LogP contribution in [0.25, 0.3) is 10.2 Å². The number of rotatable bonds is 6. The predicted molar refractivity (Wildman–Crippen MR) is 154 cm³/mol. The SMILES string of the molecule is CCOc1ccc(NC(=O)N2CCN(c3nc(Cc4ccccc4)nc4sc5c(c34)CCCC5)CC2)cc1. The summed E-state index contributed by atoms with van der Waals surface area (Å²) in [7, 11) is 0. The number of anilines is 2. The number of nitrogens with zero attached hydrogens (tertiary/aromatic N) is 4. The minimum absolute atomic E-state index is 0.0701. The second-order valence-electron chi connectivity index (χ2n) is 9.88. The number of hydrogen-bond acceptors (Lipinski definition) is 6. The van der Waals surface area contributed by atoms with Gasteiger partial charge in [0, 0.05) is 43.2 Å². The quantitative estimate of drug-likeness (QED) is 0.337. The van der Waals surface area contributed by atoms with Gasteiger partial charge in [-0.25, -0.2) is 14.8 Å². The molecule has 3 heterocycles. The van der Waals surface area contributed by atoms with E-state index in [0.717, 1.165) is 60.3 Å². The van der Waals surface area contributed by atoms with Crippen LogP contribution >= 0.6 is 11.3 Å². The number of aromatic nitrogens is 2. The molecule has 8 heteroatoms. The summed E-state index contributed by atoms with van der Waals surface area (Å²) in [6.07, 6.45) is 5.44. The highest BCUT2D eigenvalue weighted by Gasteiger charge is 2.27. The van der Waals surface area contributed by atoms with Crippen LogP contribution in [0.1, 0.15) is 41.6 Å². The van der Waals surface area contributed by atoms with Gasteiger partial charge in [0.2, 0.25) is 0 Å². The van der Waals surface area contributed by atoms with Gasteiger partial charge in [-0.2, -0.15) is 0 Å². The second-order valence-corrected chi connectivity index (χ2v) is 11.0. The Kier molecular flexibility index (Phi) is 7.14. The minimum atomic E-state index is -0.0701. The van der Waals surface area contributed by atoms with Crippen LogP contribution in [-0.4, -0.2) is 53.7 Å². The van der Waals surface area contributed by atoms with E-state index in [9.17, 15) is 4.79 Å². The Morgan fingerprint density at radius 3 is 2.50 bits per heavy atom. The first-order valence-electron chi connectivity index (χ1n) is 13.6. The maximum absolute atomic E-state index is 13.0. The Balaban J connectivity index is 1.21. The lowest BCUT2D eigenvalue weighted by atomic mass is 9.96. The van der Waals surface area contributed by atoms with Gasteiger partial charge in [0.05, 0.1) is 12.0 Å². The van der Waals surface area contributed by atoms with Crippen molar-refractivity contribution < 1.29 is 9.53 Å². The zero-order valence-electron chi connectivity index (χ0n) is 21.8. The van der Waals surface area contributed by atoms with Crippen molar-refractivity contribution >= 4 is 39.1 Å². The molecule has 0 saturated carbocycles. The average Bonchev–Trinajstić information content (AvgIpc) is 3.33. The largest absolute Gasteiger partial charge is 0.494 e. The maximum Gasteiger partial charge on any atom is 0.321 e. The van der Waals surface area contributed by atoms with E-state index in [4.69, 9.17) is 14.7 Å². The molecule has 196 valence electrons. The molecular weight excluding hydrogens is 494 g/mol. The van der Waals surface area contributed by atoms with Gasteiger partial charge in [-0.3, -0.25) is 0 Å². The molecule has 0 atom stereocenters. The smallest absolute Gasteiger partial charge is 0.321 e. The standard InChI is InChI=1S/C30H33N5O2S/c1-2-37-23-14-12-22(13-15-23)31-30(36)35-18-16-34(17-19-35)28-27-24-10-6-7-11-25(24)38-29(27)33-26(32-28)20-21-8-4-3-5-9-21/h3-5,8-9,12-15H,2,6-7,10-11,16-20H2,1H3,(H,31,36). The Bertz CT molecular complexity index is 1410. The minimum Gasteiger partial charge on any atom is -0.494 e. The topological polar surface area (TPSA) is 70.6 Å². The summed E-state index contributed by atoms with van der Waals surface area (Å²) in [5.41, 5.74) is 3.44. The van der Waals surface area contributed by atoms with Crippen LogP contribution in [0.2, 0.25) is 0 Å². The monoisotopic (exact) mass is 527 g/mol. The number of hydrogen-bond donors (Lipinski definition) is 1. The molecule has 2 aliphatic rings. The zero-order chi connectivity index (χ0) is 25.9. The molecule has 6 rings (SSSR count). The van der Waals surface area contributed by atoms with Gasteiger partial charge < -0.3 is 19.9 Å². The Hall–Kier alpha value is -3.65. The summed E-state index contributed by atoms with van der Waals surface area (Å²) in [6, 6.07) is 17.9. The van der Waals surface area contributed by atoms with Gasteiger partial charge in [-0.1, -0.05) is 30.3 Å². The average molecular weight is 528 g/mol. The van der Waals surface area contributed by atoms with E-state index in [-0.39, 0.29) is 6.03 Å². The number of benzene rings is 2. The molecule has 2 aromatic carbocycles. The number of urea groups is 1. The molecule has 0 spiro atoms. The van der Waals surface area contributed by atoms with Gasteiger partial charge in [0.1, 0.15) is 22.2 Å². The zero-order valence-corrected chi connectivity index (χ0v) is 22.6. The summed E-state index contributed by atoms with van der Waals surface area (Å²) >= 11 is 1.85. The molecule has 0 unspecified atom stereocenters. The third kappa shape index (κ3) is 5.18. The number of thiophene rings is 1. The van der Waals surface area contributed by atoms with Crippen LogP contribution in [0.3, 0.4) is 0 Å². The van der Waals surface area contributed by atoms with Crippen LogP contribution in [0.15, 0.2) is 54.6 Å². The van der Waals surface area contributed by atoms with Crippen molar-refractivity contribution in [3.8, 4) is 5.75 Å². The molecule has 1 aliphatic heterocycles. The first-order valence-corrected chi connectivity index (χ1v) is 14.4. The van der Waals surface area contributed by atoms with Gasteiger partial charge in [-0.15, -0.1) is 11.3 Å². The van der Waals surface area contributed by atoms with Crippen LogP contribution in [0.5, 0.6) is 5.75 Å². The number of carbonyl (C=O) groups is 1. The second kappa shape index (κ2) is 11.0. The van der Waals surface area contributed by atoms with Crippen molar-refractivity contribution in [3.63, 3.8) is 0 Å². The van der Waals surface area contributed by atoms with E-state index < -0.39 is 0 Å². The molecule has 0 bridgehead atoms. The van der Waals surface area contributed by atoms with E-state index in [2.05, 4.69) is 34.5 Å². The highest BCUT2D eigenvalue weighted by atomic mass is 32.1. The van der Waals surface area contributed by atoms with Crippen LogP contribution in [0.4, 0.5) is 16.3 Å². The fraction of sp³-hybridized carbons (Fsp3) is 0.367. The molecule has 38 heavy (non-hydrogen) atoms. The number of nitrogens with one attached hydrogen (secondary N) is 1. The van der Waals surface area contributed by atoms with Crippen LogP contribution < -0.4 is 15.0 Å². The number of amides is 2. The molecule has 0 radical (unpaired) electrons. The lowest BCUT2D eigenvalue weighted by Crippen LogP contribution is -2.50. The number of piperazine rings is 1. The van der Waals surface area contributed by atoms with Crippen LogP contribution in [0, 0.1) is 0 Å². The lowest BCUT2D eigenvalue weighted by molar-refractivity contribution is 0.208. The number of carbonyl (C=O) groups excluding carboxylic acids is 1. The molecular formula is C30H33N5O2S. The third-order valence-corrected chi connectivity index (χ3v) is 8.52. The van der Waals surface area contributed by atoms with Gasteiger partial charge in [-0.05, 0) is 68.0 Å². The first-order chi connectivity index (χ1) is 18.7. The Morgan fingerprint density at radius 1 is 0.974 bits per heavy atom. The molecule has 2 aromatic heterocycles. The summed E-state index contributed by atoms with van der Waals surface area (Å²) in [5, 5.41) is 4.27. The summed E-state index contributed by atoms with van der Waals surface area (Å²) < 4.78 is 5.50. The van der Waals surface area contributed by atoms with Gasteiger partial charge in [0.25, 0.3) is 0 Å². The van der Waals surface area contributed by atoms with Crippen molar-refractivity contribution in [3.05, 3.63) is 76.4 Å². The molecule has 2 amide bonds. The molecule has 1 fully saturated rings. The van der Waals surface area contributed by atoms with E-state index in [0.29, 0.717) is 19.7 Å². The van der Waals surface area contributed by atoms with Crippen molar-refractivity contribution in [1.82, 2.24) is 14.9 Å². The highest BCUT2D eigenvalue weighted by Crippen LogP contribution is 2.40. The number of ether oxygens (including phenoxy) is 1. The lowest BCUT2D eigenvalue weighted by Gasteiger charge is -2.36. The van der Waals surface area contributed by atoms with E-state index in [1.807, 2.05) is 53.5 Å². The maximum atomic E-state index is 13.0. The molecule has 7 nitrogen and oxygen atoms in total. The fourth-order valence-corrected chi connectivity index (χ4v) is 6.67. The van der Waals surface area contributed by atoms with E-state index in [1.165, 1.54) is 34.2 Å². The summed E-state index contributed by atoms with van der Waals surface area (Å²) in [4.78, 5) is 30.0. The predicted octanol–water partition coefficient (Wildman–Crippen LogP) is 5.91. The third-order valence-electron chi connectivity index (χ3n) is 7.33. The van der Waals surface area contributed by atoms with Crippen LogP contribution in [-0.2, 0) is 19.3 Å². The van der Waals surface area contributed by atoms with E-state index in [1.54, 1.807) is 0 Å². The number of fused-ring (bicyclic) bond motifs is 3. The highest BCUT2D eigenvalue weighted by molar-refractivity contribution is 7.19. The molecule has 1 N–H and O–H groups in total. The fourth-order valence-electron chi connectivity index (χ4n) is 5.39. The summed E-state index contributed by atoms with van der Waals surface area (Å²) in [5.74, 6) is 2.72. The van der Waals surface area contributed by atoms with Gasteiger partial charge >= 0.3 is 6.03 Å². The Morgan fingerprint density at radius 2 is 1.74 bits per heavy atom. The van der Waals surface area contributed by atoms with Crippen molar-refractivity contribution in [2.24, 2.45) is 0 Å². The summed E-state index contributed by atoms with van der Waals surface area (Å²) in [6.45, 7) is 5.37. The van der Waals surface area contributed by atoms with Crippen molar-refractivity contribution in [1.29, 1.82) is 0 Å². The normalized spacial score (nSPS) is 15.4. The number of aryl methyl sites for hydroxylation is 2. The van der Waals surface area contributed by atoms with Crippen molar-refractivity contribution in [2.45, 2.75) is 39.0 Å². The first kappa shape index (κ1) is 24.7. The van der Waals surface area contributed by atoms with Crippen molar-refractivity contribution in [2.75, 3.05) is 43.0 Å².